The van der Waals surface area contributed by atoms with Crippen molar-refractivity contribution < 1.29 is 17.9 Å². The van der Waals surface area contributed by atoms with Crippen molar-refractivity contribution in [1.82, 2.24) is 14.6 Å². The van der Waals surface area contributed by atoms with Crippen molar-refractivity contribution >= 4 is 37.9 Å². The molecule has 1 aliphatic heterocycles. The van der Waals surface area contributed by atoms with Crippen molar-refractivity contribution in [3.63, 3.8) is 0 Å². The third kappa shape index (κ3) is 5.29. The van der Waals surface area contributed by atoms with Crippen LogP contribution < -0.4 is 10.5 Å². The molecular weight excluding hydrogens is 412 g/mol. The number of aromatic nitrogens is 1. The fourth-order valence-electron chi connectivity index (χ4n) is 2.54. The van der Waals surface area contributed by atoms with Gasteiger partial charge in [0.15, 0.2) is 0 Å². The number of ether oxygens (including phenoxy) is 1. The van der Waals surface area contributed by atoms with Gasteiger partial charge in [-0.3, -0.25) is 0 Å². The first-order valence-electron chi connectivity index (χ1n) is 7.90. The van der Waals surface area contributed by atoms with Gasteiger partial charge in [-0.25, -0.2) is 22.9 Å². The zero-order valence-corrected chi connectivity index (χ0v) is 16.9. The van der Waals surface area contributed by atoms with Crippen LogP contribution in [-0.2, 0) is 14.8 Å². The molecule has 25 heavy (non-hydrogen) atoms. The molecule has 1 aromatic heterocycles. The van der Waals surface area contributed by atoms with Crippen LogP contribution in [0.4, 0.5) is 10.6 Å². The van der Waals surface area contributed by atoms with Gasteiger partial charge in [0.05, 0.1) is 0 Å². The number of anilines is 1. The predicted octanol–water partition coefficient (Wildman–Crippen LogP) is 2.10. The standard InChI is InChI=1S/C15H23BrN4O4S/c1-15(2,3)24-14(21)20-6-4-5-11(20)9-19-25(22,23)12-7-10(16)8-18-13(12)17/h7-8,11,19H,4-6,9H2,1-3H3,(H2,17,18). The molecule has 0 spiro atoms. The van der Waals surface area contributed by atoms with Crippen LogP contribution in [0.15, 0.2) is 21.6 Å². The number of nitrogens with zero attached hydrogens (tertiary/aromatic N) is 2. The summed E-state index contributed by atoms with van der Waals surface area (Å²) in [6, 6.07) is 1.14. The van der Waals surface area contributed by atoms with E-state index in [9.17, 15) is 13.2 Å². The van der Waals surface area contributed by atoms with Gasteiger partial charge in [0.25, 0.3) is 0 Å². The predicted molar refractivity (Wildman–Crippen MR) is 97.5 cm³/mol. The first-order chi connectivity index (χ1) is 11.5. The average molecular weight is 435 g/mol. The Bertz CT molecular complexity index is 748. The van der Waals surface area contributed by atoms with Gasteiger partial charge in [-0.1, -0.05) is 0 Å². The van der Waals surface area contributed by atoms with Crippen molar-refractivity contribution in [3.05, 3.63) is 16.7 Å². The van der Waals surface area contributed by atoms with E-state index in [0.717, 1.165) is 6.42 Å². The lowest BCUT2D eigenvalue weighted by Crippen LogP contribution is -2.45. The normalized spacial score (nSPS) is 18.4. The number of nitrogen functional groups attached to an aromatic ring is 1. The van der Waals surface area contributed by atoms with Gasteiger partial charge in [-0.05, 0) is 55.6 Å². The van der Waals surface area contributed by atoms with E-state index in [-0.39, 0.29) is 23.3 Å². The van der Waals surface area contributed by atoms with Gasteiger partial charge >= 0.3 is 6.09 Å². The average Bonchev–Trinajstić information content (AvgIpc) is 2.94. The number of nitrogens with one attached hydrogen (secondary N) is 1. The topological polar surface area (TPSA) is 115 Å². The zero-order valence-electron chi connectivity index (χ0n) is 14.5. The number of pyridine rings is 1. The van der Waals surface area contributed by atoms with Crippen LogP contribution in [0, 0.1) is 0 Å². The molecule has 10 heteroatoms. The third-order valence-corrected chi connectivity index (χ3v) is 5.54. The molecule has 1 atom stereocenters. The van der Waals surface area contributed by atoms with E-state index in [2.05, 4.69) is 25.6 Å². The fraction of sp³-hybridized carbons (Fsp3) is 0.600. The van der Waals surface area contributed by atoms with E-state index in [1.54, 1.807) is 25.7 Å². The van der Waals surface area contributed by atoms with Gasteiger partial charge in [-0.15, -0.1) is 0 Å². The molecular formula is C15H23BrN4O4S. The number of amides is 1. The number of carbonyl (C=O) groups is 1. The lowest BCUT2D eigenvalue weighted by atomic mass is 10.2. The summed E-state index contributed by atoms with van der Waals surface area (Å²) in [6.45, 7) is 6.01. The monoisotopic (exact) mass is 434 g/mol. The highest BCUT2D eigenvalue weighted by Crippen LogP contribution is 2.23. The summed E-state index contributed by atoms with van der Waals surface area (Å²) in [5.41, 5.74) is 5.07. The Labute approximate surface area is 156 Å². The van der Waals surface area contributed by atoms with Crippen molar-refractivity contribution in [2.75, 3.05) is 18.8 Å². The minimum absolute atomic E-state index is 0.0777. The Morgan fingerprint density at radius 3 is 2.84 bits per heavy atom. The SMILES string of the molecule is CC(C)(C)OC(=O)N1CCCC1CNS(=O)(=O)c1cc(Br)cnc1N. The molecule has 140 valence electrons. The molecule has 0 radical (unpaired) electrons. The van der Waals surface area contributed by atoms with Crippen molar-refractivity contribution in [2.24, 2.45) is 0 Å². The van der Waals surface area contributed by atoms with Gasteiger partial charge in [0, 0.05) is 29.8 Å². The minimum Gasteiger partial charge on any atom is -0.444 e. The molecule has 1 fully saturated rings. The van der Waals surface area contributed by atoms with E-state index in [1.165, 1.54) is 12.3 Å². The Morgan fingerprint density at radius 1 is 1.52 bits per heavy atom. The summed E-state index contributed by atoms with van der Waals surface area (Å²) in [7, 11) is -3.83. The highest BCUT2D eigenvalue weighted by molar-refractivity contribution is 9.10. The highest BCUT2D eigenvalue weighted by Gasteiger charge is 2.33. The van der Waals surface area contributed by atoms with Crippen LogP contribution in [0.3, 0.4) is 0 Å². The quantitative estimate of drug-likeness (QED) is 0.749. The lowest BCUT2D eigenvalue weighted by Gasteiger charge is -2.28. The Morgan fingerprint density at radius 2 is 2.20 bits per heavy atom. The van der Waals surface area contributed by atoms with Crippen molar-refractivity contribution in [1.29, 1.82) is 0 Å². The molecule has 2 heterocycles. The number of sulfonamides is 1. The molecule has 3 N–H and O–H groups in total. The van der Waals surface area contributed by atoms with Gasteiger partial charge in [0.2, 0.25) is 10.0 Å². The summed E-state index contributed by atoms with van der Waals surface area (Å²) in [6.07, 6.45) is 2.49. The maximum Gasteiger partial charge on any atom is 0.410 e. The summed E-state index contributed by atoms with van der Waals surface area (Å²) >= 11 is 3.18. The Hall–Kier alpha value is -1.39. The van der Waals surface area contributed by atoms with Crippen LogP contribution >= 0.6 is 15.9 Å². The van der Waals surface area contributed by atoms with Crippen molar-refractivity contribution in [2.45, 2.75) is 50.2 Å². The van der Waals surface area contributed by atoms with Crippen LogP contribution in [-0.4, -0.2) is 49.1 Å². The zero-order chi connectivity index (χ0) is 18.8. The summed E-state index contributed by atoms with van der Waals surface area (Å²) in [4.78, 5) is 17.6. The fourth-order valence-corrected chi connectivity index (χ4v) is 4.20. The molecule has 1 unspecified atom stereocenters. The first kappa shape index (κ1) is 19.9. The smallest absolute Gasteiger partial charge is 0.410 e. The number of nitrogens with two attached hydrogens (primary N) is 1. The number of hydrogen-bond acceptors (Lipinski definition) is 6. The summed E-state index contributed by atoms with van der Waals surface area (Å²) < 4.78 is 33.4. The Kier molecular flexibility index (Phi) is 5.95. The lowest BCUT2D eigenvalue weighted by molar-refractivity contribution is 0.0229. The van der Waals surface area contributed by atoms with E-state index in [1.807, 2.05) is 0 Å². The molecule has 1 saturated heterocycles. The summed E-state index contributed by atoms with van der Waals surface area (Å²) in [5, 5.41) is 0. The van der Waals surface area contributed by atoms with E-state index in [0.29, 0.717) is 17.4 Å². The van der Waals surface area contributed by atoms with E-state index in [4.69, 9.17) is 10.5 Å². The number of halogens is 1. The number of likely N-dealkylation sites (tertiary alicyclic amines) is 1. The number of rotatable bonds is 4. The molecule has 8 nitrogen and oxygen atoms in total. The molecule has 1 amide bonds. The first-order valence-corrected chi connectivity index (χ1v) is 10.2. The maximum absolute atomic E-state index is 12.5. The van der Waals surface area contributed by atoms with Gasteiger partial charge in [-0.2, -0.15) is 0 Å². The number of hydrogen-bond donors (Lipinski definition) is 2. The van der Waals surface area contributed by atoms with Crippen LogP contribution in [0.5, 0.6) is 0 Å². The molecule has 0 aromatic carbocycles. The second-order valence-corrected chi connectivity index (χ2v) is 9.51. The molecule has 0 aliphatic carbocycles. The van der Waals surface area contributed by atoms with Gasteiger partial charge in [0.1, 0.15) is 16.3 Å². The third-order valence-electron chi connectivity index (χ3n) is 3.65. The number of carbonyl (C=O) groups excluding carboxylic acids is 1. The minimum atomic E-state index is -3.83. The molecule has 1 aromatic rings. The van der Waals surface area contributed by atoms with E-state index >= 15 is 0 Å². The van der Waals surface area contributed by atoms with Crippen LogP contribution in [0.25, 0.3) is 0 Å². The van der Waals surface area contributed by atoms with Gasteiger partial charge < -0.3 is 15.4 Å². The molecule has 2 rings (SSSR count). The van der Waals surface area contributed by atoms with E-state index < -0.39 is 21.7 Å². The highest BCUT2D eigenvalue weighted by atomic mass is 79.9. The van der Waals surface area contributed by atoms with Crippen LogP contribution in [0.1, 0.15) is 33.6 Å². The van der Waals surface area contributed by atoms with Crippen molar-refractivity contribution in [3.8, 4) is 0 Å². The molecule has 0 saturated carbocycles. The van der Waals surface area contributed by atoms with Crippen LogP contribution in [0.2, 0.25) is 0 Å². The second-order valence-electron chi connectivity index (χ2n) is 6.86. The molecule has 1 aliphatic rings. The largest absolute Gasteiger partial charge is 0.444 e. The molecule has 0 bridgehead atoms. The summed E-state index contributed by atoms with van der Waals surface area (Å²) in [5.74, 6) is -0.0777. The second kappa shape index (κ2) is 7.46. The Balaban J connectivity index is 2.06. The maximum atomic E-state index is 12.5.